The first-order valence-corrected chi connectivity index (χ1v) is 11.5. The first-order chi connectivity index (χ1) is 14.0. The van der Waals surface area contributed by atoms with E-state index in [0.717, 1.165) is 31.1 Å². The molecule has 1 fully saturated rings. The molecule has 0 saturated carbocycles. The molecule has 3 heterocycles. The fourth-order valence-corrected chi connectivity index (χ4v) is 5.92. The molecule has 0 bridgehead atoms. The highest BCUT2D eigenvalue weighted by Gasteiger charge is 2.36. The second kappa shape index (κ2) is 7.55. The number of anilines is 1. The lowest BCUT2D eigenvalue weighted by molar-refractivity contribution is -0.118. The van der Waals surface area contributed by atoms with Crippen LogP contribution in [0.1, 0.15) is 16.5 Å². The lowest BCUT2D eigenvalue weighted by Crippen LogP contribution is -2.40. The molecule has 1 amide bonds. The van der Waals surface area contributed by atoms with Gasteiger partial charge < -0.3 is 9.47 Å². The van der Waals surface area contributed by atoms with E-state index >= 15 is 0 Å². The number of hydrogen-bond acceptors (Lipinski definition) is 3. The Kier molecular flexibility index (Phi) is 5.03. The predicted octanol–water partition coefficient (Wildman–Crippen LogP) is 5.21. The van der Waals surface area contributed by atoms with Gasteiger partial charge in [0.15, 0.2) is 0 Å². The van der Waals surface area contributed by atoms with E-state index in [4.69, 9.17) is 23.2 Å². The molecule has 150 valence electrons. The Bertz CT molecular complexity index is 1110. The van der Waals surface area contributed by atoms with E-state index in [-0.39, 0.29) is 11.2 Å². The molecule has 2 aliphatic rings. The van der Waals surface area contributed by atoms with Crippen molar-refractivity contribution in [3.63, 3.8) is 0 Å². The van der Waals surface area contributed by atoms with Crippen molar-refractivity contribution in [2.75, 3.05) is 30.8 Å². The Morgan fingerprint density at radius 1 is 1.03 bits per heavy atom. The number of aromatic nitrogens is 1. The zero-order valence-electron chi connectivity index (χ0n) is 16.1. The Morgan fingerprint density at radius 2 is 1.86 bits per heavy atom. The lowest BCUT2D eigenvalue weighted by atomic mass is 10.0. The molecule has 2 aromatic carbocycles. The van der Waals surface area contributed by atoms with Crippen LogP contribution in [0.3, 0.4) is 0 Å². The number of rotatable bonds is 2. The number of carbonyl (C=O) groups excluding carboxylic acids is 1. The van der Waals surface area contributed by atoms with Crippen LogP contribution >= 0.6 is 35.0 Å². The molecule has 5 rings (SSSR count). The quantitative estimate of drug-likeness (QED) is 0.541. The molecule has 0 radical (unpaired) electrons. The Hall–Kier alpha value is -1.66. The predicted molar refractivity (Wildman–Crippen MR) is 122 cm³/mol. The van der Waals surface area contributed by atoms with E-state index in [9.17, 15) is 4.79 Å². The molecule has 29 heavy (non-hydrogen) atoms. The van der Waals surface area contributed by atoms with Crippen LogP contribution in [0.4, 0.5) is 5.69 Å². The van der Waals surface area contributed by atoms with E-state index in [1.807, 2.05) is 11.0 Å². The summed E-state index contributed by atoms with van der Waals surface area (Å²) in [6, 6.07) is 13.9. The molecule has 1 aromatic heterocycles. The number of thioether (sulfide) groups is 1. The summed E-state index contributed by atoms with van der Waals surface area (Å²) in [5.41, 5.74) is 4.48. The van der Waals surface area contributed by atoms with E-state index in [1.165, 1.54) is 22.2 Å². The lowest BCUT2D eigenvalue weighted by Gasteiger charge is -2.34. The molecule has 3 aromatic rings. The average molecular weight is 446 g/mol. The van der Waals surface area contributed by atoms with Crippen molar-refractivity contribution in [3.05, 3.63) is 63.8 Å². The highest BCUT2D eigenvalue weighted by molar-refractivity contribution is 8.00. The van der Waals surface area contributed by atoms with Gasteiger partial charge >= 0.3 is 0 Å². The van der Waals surface area contributed by atoms with Gasteiger partial charge in [0.2, 0.25) is 5.91 Å². The molecule has 0 aliphatic carbocycles. The van der Waals surface area contributed by atoms with Crippen LogP contribution in [0.15, 0.2) is 42.5 Å². The van der Waals surface area contributed by atoms with Crippen LogP contribution in [0.25, 0.3) is 10.9 Å². The summed E-state index contributed by atoms with van der Waals surface area (Å²) < 4.78 is 2.40. The summed E-state index contributed by atoms with van der Waals surface area (Å²) in [4.78, 5) is 17.8. The molecule has 1 unspecified atom stereocenters. The van der Waals surface area contributed by atoms with Crippen LogP contribution in [0.2, 0.25) is 10.0 Å². The molecule has 0 N–H and O–H groups in total. The number of amides is 1. The number of carbonyl (C=O) groups is 1. The SMILES string of the molecule is CN1CCn2c(c(C3SCCN(c4ccc(Cl)c(Cl)c4)C3=O)c3ccccc32)C1. The largest absolute Gasteiger partial charge is 0.342 e. The summed E-state index contributed by atoms with van der Waals surface area (Å²) in [5, 5.41) is 1.95. The second-order valence-corrected chi connectivity index (χ2v) is 9.63. The molecule has 1 saturated heterocycles. The fourth-order valence-electron chi connectivity index (χ4n) is 4.41. The van der Waals surface area contributed by atoms with Crippen molar-refractivity contribution < 1.29 is 4.79 Å². The van der Waals surface area contributed by atoms with Crippen LogP contribution < -0.4 is 4.90 Å². The third-order valence-electron chi connectivity index (χ3n) is 5.81. The van der Waals surface area contributed by atoms with Crippen LogP contribution in [0.5, 0.6) is 0 Å². The Balaban J connectivity index is 1.60. The summed E-state index contributed by atoms with van der Waals surface area (Å²) in [6.07, 6.45) is 0. The summed E-state index contributed by atoms with van der Waals surface area (Å²) in [5.74, 6) is 0.998. The number of halogens is 2. The normalized spacial score (nSPS) is 20.3. The van der Waals surface area contributed by atoms with Gasteiger partial charge in [-0.2, -0.15) is 0 Å². The van der Waals surface area contributed by atoms with E-state index in [1.54, 1.807) is 23.9 Å². The molecular formula is C22H21Cl2N3OS. The first-order valence-electron chi connectivity index (χ1n) is 9.71. The van der Waals surface area contributed by atoms with E-state index < -0.39 is 0 Å². The number of nitrogens with zero attached hydrogens (tertiary/aromatic N) is 3. The monoisotopic (exact) mass is 445 g/mol. The minimum atomic E-state index is -0.217. The number of hydrogen-bond donors (Lipinski definition) is 0. The van der Waals surface area contributed by atoms with Crippen molar-refractivity contribution in [2.24, 2.45) is 0 Å². The van der Waals surface area contributed by atoms with Gasteiger partial charge in [-0.05, 0) is 31.3 Å². The molecular weight excluding hydrogens is 425 g/mol. The van der Waals surface area contributed by atoms with Gasteiger partial charge in [-0.25, -0.2) is 0 Å². The number of benzene rings is 2. The maximum absolute atomic E-state index is 13.6. The molecule has 0 spiro atoms. The number of fused-ring (bicyclic) bond motifs is 3. The molecule has 4 nitrogen and oxygen atoms in total. The number of para-hydroxylation sites is 1. The van der Waals surface area contributed by atoms with Gasteiger partial charge in [-0.1, -0.05) is 41.4 Å². The fraction of sp³-hybridized carbons (Fsp3) is 0.318. The van der Waals surface area contributed by atoms with Gasteiger partial charge in [0.1, 0.15) is 5.25 Å². The van der Waals surface area contributed by atoms with E-state index in [0.29, 0.717) is 16.6 Å². The summed E-state index contributed by atoms with van der Waals surface area (Å²) in [7, 11) is 2.14. The first kappa shape index (κ1) is 19.3. The van der Waals surface area contributed by atoms with Crippen molar-refractivity contribution >= 4 is 57.5 Å². The third-order valence-corrected chi connectivity index (χ3v) is 7.74. The van der Waals surface area contributed by atoms with Crippen molar-refractivity contribution in [2.45, 2.75) is 18.3 Å². The van der Waals surface area contributed by atoms with Gasteiger partial charge in [-0.3, -0.25) is 9.69 Å². The van der Waals surface area contributed by atoms with Gasteiger partial charge in [0, 0.05) is 59.8 Å². The zero-order valence-corrected chi connectivity index (χ0v) is 18.4. The molecule has 2 aliphatic heterocycles. The van der Waals surface area contributed by atoms with Crippen LogP contribution in [0, 0.1) is 0 Å². The Labute approximate surface area is 184 Å². The van der Waals surface area contributed by atoms with Gasteiger partial charge in [-0.15, -0.1) is 11.8 Å². The zero-order chi connectivity index (χ0) is 20.1. The molecule has 7 heteroatoms. The van der Waals surface area contributed by atoms with Gasteiger partial charge in [0.05, 0.1) is 10.0 Å². The standard InChI is InChI=1S/C22H21Cl2N3OS/c1-25-8-9-27-18-5-3-2-4-15(18)20(19(27)13-25)21-22(28)26(10-11-29-21)14-6-7-16(23)17(24)12-14/h2-7,12,21H,8-11,13H2,1H3. The second-order valence-electron chi connectivity index (χ2n) is 7.61. The molecule has 1 atom stereocenters. The van der Waals surface area contributed by atoms with E-state index in [2.05, 4.69) is 40.8 Å². The summed E-state index contributed by atoms with van der Waals surface area (Å²) >= 11 is 14.0. The third kappa shape index (κ3) is 3.25. The minimum Gasteiger partial charge on any atom is -0.342 e. The highest BCUT2D eigenvalue weighted by atomic mass is 35.5. The Morgan fingerprint density at radius 3 is 2.69 bits per heavy atom. The van der Waals surface area contributed by atoms with Crippen LogP contribution in [-0.2, 0) is 17.9 Å². The topological polar surface area (TPSA) is 28.5 Å². The maximum Gasteiger partial charge on any atom is 0.244 e. The maximum atomic E-state index is 13.6. The van der Waals surface area contributed by atoms with Crippen LogP contribution in [-0.4, -0.2) is 41.3 Å². The van der Waals surface area contributed by atoms with Gasteiger partial charge in [0.25, 0.3) is 0 Å². The minimum absolute atomic E-state index is 0.118. The van der Waals surface area contributed by atoms with Crippen molar-refractivity contribution in [1.29, 1.82) is 0 Å². The smallest absolute Gasteiger partial charge is 0.244 e. The van der Waals surface area contributed by atoms with Crippen molar-refractivity contribution in [1.82, 2.24) is 9.47 Å². The summed E-state index contributed by atoms with van der Waals surface area (Å²) in [6.45, 7) is 3.51. The van der Waals surface area contributed by atoms with Crippen molar-refractivity contribution in [3.8, 4) is 0 Å². The average Bonchev–Trinajstić information content (AvgIpc) is 3.04. The highest BCUT2D eigenvalue weighted by Crippen LogP contribution is 2.43. The number of likely N-dealkylation sites (N-methyl/N-ethyl adjacent to an activating group) is 1.